The van der Waals surface area contributed by atoms with E-state index in [-0.39, 0.29) is 5.02 Å². The highest BCUT2D eigenvalue weighted by Gasteiger charge is 2.19. The van der Waals surface area contributed by atoms with Crippen molar-refractivity contribution >= 4 is 34.4 Å². The number of halogens is 2. The van der Waals surface area contributed by atoms with E-state index in [1.807, 2.05) is 60.7 Å². The molecule has 0 aliphatic rings. The average Bonchev–Trinajstić information content (AvgIpc) is 3.19. The lowest BCUT2D eigenvalue weighted by Crippen LogP contribution is -2.13. The first-order chi connectivity index (χ1) is 17.1. The molecule has 0 saturated carbocycles. The number of para-hydroxylation sites is 1. The number of aromatic nitrogens is 4. The maximum Gasteiger partial charge on any atom is 0.225 e. The Morgan fingerprint density at radius 2 is 1.71 bits per heavy atom. The van der Waals surface area contributed by atoms with Crippen LogP contribution >= 0.6 is 11.6 Å². The van der Waals surface area contributed by atoms with Crippen LogP contribution in [0.4, 0.5) is 16.2 Å². The Morgan fingerprint density at radius 3 is 2.46 bits per heavy atom. The van der Waals surface area contributed by atoms with Crippen molar-refractivity contribution < 1.29 is 9.13 Å². The normalized spacial score (nSPS) is 11.0. The van der Waals surface area contributed by atoms with Crippen LogP contribution < -0.4 is 15.8 Å². The van der Waals surface area contributed by atoms with Gasteiger partial charge in [0.25, 0.3) is 0 Å². The van der Waals surface area contributed by atoms with E-state index in [1.54, 1.807) is 10.7 Å². The van der Waals surface area contributed by atoms with E-state index in [2.05, 4.69) is 20.4 Å². The number of hydrogen-bond acceptors (Lipinski definition) is 6. The molecule has 0 radical (unpaired) electrons. The maximum atomic E-state index is 13.8. The van der Waals surface area contributed by atoms with Gasteiger partial charge in [0, 0.05) is 5.56 Å². The summed E-state index contributed by atoms with van der Waals surface area (Å²) in [5.74, 6) is 1.04. The molecule has 0 fully saturated rings. The minimum Gasteiger partial charge on any atom is -0.492 e. The Morgan fingerprint density at radius 1 is 0.971 bits per heavy atom. The fraction of sp³-hybridized carbons (Fsp3) is 0.115. The number of hydrogen-bond donors (Lipinski definition) is 2. The second-order valence-corrected chi connectivity index (χ2v) is 8.25. The zero-order valence-electron chi connectivity index (χ0n) is 18.7. The van der Waals surface area contributed by atoms with E-state index < -0.39 is 5.82 Å². The number of rotatable bonds is 8. The summed E-state index contributed by atoms with van der Waals surface area (Å²) in [6, 6.07) is 23.8. The van der Waals surface area contributed by atoms with Crippen LogP contribution in [0, 0.1) is 5.82 Å². The van der Waals surface area contributed by atoms with Crippen LogP contribution in [0.5, 0.6) is 5.75 Å². The molecule has 0 amide bonds. The lowest BCUT2D eigenvalue weighted by molar-refractivity contribution is 0.332. The van der Waals surface area contributed by atoms with Gasteiger partial charge in [-0.3, -0.25) is 0 Å². The Hall–Kier alpha value is -4.17. The molecule has 0 atom stereocenters. The number of nitrogen functional groups attached to an aromatic ring is 1. The smallest absolute Gasteiger partial charge is 0.225 e. The molecule has 3 aromatic carbocycles. The minimum absolute atomic E-state index is 0.00437. The topological polar surface area (TPSA) is 90.9 Å². The zero-order chi connectivity index (χ0) is 24.2. The number of nitrogens with zero attached hydrogens (tertiary/aromatic N) is 4. The largest absolute Gasteiger partial charge is 0.492 e. The van der Waals surface area contributed by atoms with E-state index in [0.717, 1.165) is 11.3 Å². The molecule has 35 heavy (non-hydrogen) atoms. The van der Waals surface area contributed by atoms with Crippen LogP contribution in [0.3, 0.4) is 0 Å². The molecular formula is C26H22ClFN6O. The van der Waals surface area contributed by atoms with Crippen LogP contribution in [0.15, 0.2) is 78.9 Å². The molecule has 5 aromatic rings. The zero-order valence-corrected chi connectivity index (χ0v) is 19.4. The molecule has 2 heterocycles. The van der Waals surface area contributed by atoms with Gasteiger partial charge in [-0.25, -0.2) is 14.1 Å². The van der Waals surface area contributed by atoms with Gasteiger partial charge in [0.05, 0.1) is 29.2 Å². The molecule has 0 aliphatic heterocycles. The fourth-order valence-corrected chi connectivity index (χ4v) is 3.89. The highest BCUT2D eigenvalue weighted by Crippen LogP contribution is 2.33. The van der Waals surface area contributed by atoms with Crippen LogP contribution in [-0.4, -0.2) is 32.9 Å². The maximum absolute atomic E-state index is 13.8. The number of fused-ring (bicyclic) bond motifs is 1. The average molecular weight is 489 g/mol. The van der Waals surface area contributed by atoms with Crippen molar-refractivity contribution in [3.8, 4) is 17.0 Å². The van der Waals surface area contributed by atoms with E-state index in [1.165, 1.54) is 12.1 Å². The fourth-order valence-electron chi connectivity index (χ4n) is 3.71. The summed E-state index contributed by atoms with van der Waals surface area (Å²) in [5, 5.41) is 8.38. The summed E-state index contributed by atoms with van der Waals surface area (Å²) in [5.41, 5.74) is 9.10. The van der Waals surface area contributed by atoms with Crippen molar-refractivity contribution in [3.63, 3.8) is 0 Å². The summed E-state index contributed by atoms with van der Waals surface area (Å²) >= 11 is 6.06. The van der Waals surface area contributed by atoms with Gasteiger partial charge in [0.2, 0.25) is 5.95 Å². The summed E-state index contributed by atoms with van der Waals surface area (Å²) in [6.07, 6.45) is 0. The molecule has 9 heteroatoms. The molecule has 0 aliphatic carbocycles. The number of nitrogens with two attached hydrogens (primary N) is 1. The molecule has 5 rings (SSSR count). The summed E-state index contributed by atoms with van der Waals surface area (Å²) in [7, 11) is 0. The van der Waals surface area contributed by atoms with Gasteiger partial charge < -0.3 is 15.8 Å². The second-order valence-electron chi connectivity index (χ2n) is 7.84. The lowest BCUT2D eigenvalue weighted by atomic mass is 10.1. The molecule has 0 bridgehead atoms. The molecular weight excluding hydrogens is 467 g/mol. The predicted octanol–water partition coefficient (Wildman–Crippen LogP) is 5.41. The van der Waals surface area contributed by atoms with Crippen molar-refractivity contribution in [1.82, 2.24) is 19.7 Å². The monoisotopic (exact) mass is 488 g/mol. The van der Waals surface area contributed by atoms with Crippen LogP contribution in [0.25, 0.3) is 22.3 Å². The van der Waals surface area contributed by atoms with Gasteiger partial charge >= 0.3 is 0 Å². The van der Waals surface area contributed by atoms with Crippen LogP contribution in [-0.2, 0) is 6.54 Å². The highest BCUT2D eigenvalue weighted by atomic mass is 35.5. The number of nitrogens with one attached hydrogen (secondary N) is 1. The molecule has 7 nitrogen and oxygen atoms in total. The summed E-state index contributed by atoms with van der Waals surface area (Å²) in [4.78, 5) is 9.25. The third kappa shape index (κ3) is 5.02. The number of anilines is 2. The first-order valence-electron chi connectivity index (χ1n) is 11.0. The van der Waals surface area contributed by atoms with Crippen molar-refractivity contribution in [2.45, 2.75) is 6.54 Å². The lowest BCUT2D eigenvalue weighted by Gasteiger charge is -2.10. The van der Waals surface area contributed by atoms with Crippen molar-refractivity contribution in [1.29, 1.82) is 0 Å². The van der Waals surface area contributed by atoms with Crippen molar-refractivity contribution in [2.75, 3.05) is 24.2 Å². The molecule has 0 unspecified atom stereocenters. The molecule has 176 valence electrons. The Kier molecular flexibility index (Phi) is 6.45. The Balaban J connectivity index is 1.48. The van der Waals surface area contributed by atoms with Gasteiger partial charge in [0.15, 0.2) is 5.65 Å². The van der Waals surface area contributed by atoms with E-state index in [9.17, 15) is 4.39 Å². The molecule has 0 saturated heterocycles. The quantitative estimate of drug-likeness (QED) is 0.284. The number of ether oxygens (including phenoxy) is 1. The molecule has 2 aromatic heterocycles. The van der Waals surface area contributed by atoms with E-state index in [0.29, 0.717) is 53.8 Å². The Labute approximate surface area is 206 Å². The third-order valence-corrected chi connectivity index (χ3v) is 5.69. The molecule has 0 spiro atoms. The predicted molar refractivity (Wildman–Crippen MR) is 136 cm³/mol. The first-order valence-corrected chi connectivity index (χ1v) is 11.4. The van der Waals surface area contributed by atoms with Crippen molar-refractivity contribution in [3.05, 3.63) is 95.3 Å². The SMILES string of the molecule is Nc1c2c(-c3ccc(F)c(Cl)c3)nc(NCCOc3ccccc3)nc2nn1Cc1ccccc1. The highest BCUT2D eigenvalue weighted by molar-refractivity contribution is 6.31. The van der Waals surface area contributed by atoms with Gasteiger partial charge in [0.1, 0.15) is 24.0 Å². The van der Waals surface area contributed by atoms with Gasteiger partial charge in [-0.15, -0.1) is 5.10 Å². The first kappa shape index (κ1) is 22.6. The Bertz CT molecular complexity index is 1460. The molecule has 3 N–H and O–H groups in total. The van der Waals surface area contributed by atoms with Gasteiger partial charge in [-0.05, 0) is 35.9 Å². The second kappa shape index (κ2) is 9.99. The minimum atomic E-state index is -0.509. The summed E-state index contributed by atoms with van der Waals surface area (Å²) < 4.78 is 21.3. The van der Waals surface area contributed by atoms with Gasteiger partial charge in [-0.2, -0.15) is 4.98 Å². The van der Waals surface area contributed by atoms with E-state index in [4.69, 9.17) is 22.1 Å². The summed E-state index contributed by atoms with van der Waals surface area (Å²) in [6.45, 7) is 1.35. The standard InChI is InChI=1S/C26H22ClFN6O/c27-20-15-18(11-12-21(20)28)23-22-24(29)34(16-17-7-3-1-4-8-17)33-25(22)32-26(31-23)30-13-14-35-19-9-5-2-6-10-19/h1-12,15H,13-14,16,29H2,(H,30,32,33). The van der Waals surface area contributed by atoms with Crippen LogP contribution in [0.2, 0.25) is 5.02 Å². The van der Waals surface area contributed by atoms with Crippen molar-refractivity contribution in [2.24, 2.45) is 0 Å². The number of benzene rings is 3. The van der Waals surface area contributed by atoms with E-state index >= 15 is 0 Å². The van der Waals surface area contributed by atoms with Gasteiger partial charge in [-0.1, -0.05) is 60.1 Å². The third-order valence-electron chi connectivity index (χ3n) is 5.40. The van der Waals surface area contributed by atoms with Crippen LogP contribution in [0.1, 0.15) is 5.56 Å².